The Labute approximate surface area is 48.4 Å². The summed E-state index contributed by atoms with van der Waals surface area (Å²) >= 11 is 9.53. The largest absolute Gasteiger partial charge is 0.331 e. The lowest BCUT2D eigenvalue weighted by Gasteiger charge is -1.53. The lowest BCUT2D eigenvalue weighted by molar-refractivity contribution is 1.14. The van der Waals surface area contributed by atoms with Gasteiger partial charge in [-0.3, -0.25) is 0 Å². The van der Waals surface area contributed by atoms with Gasteiger partial charge in [0.15, 0.2) is 0 Å². The molecule has 1 nitrogen and oxygen atoms in total. The van der Waals surface area contributed by atoms with Crippen LogP contribution in [-0.4, -0.2) is 11.9 Å². The molecule has 6 heavy (non-hydrogen) atoms. The van der Waals surface area contributed by atoms with Crippen molar-refractivity contribution in [3.8, 4) is 0 Å². The zero-order valence-corrected chi connectivity index (χ0v) is 5.26. The standard InChI is InChI=1S/C2H7N.CH2Cl2/c1-2-3;2-1-3/h2-3H2,1H3;1H2/i2+1,3+1;. The Balaban J connectivity index is 0. The van der Waals surface area contributed by atoms with Crippen molar-refractivity contribution in [3.63, 3.8) is 0 Å². The zero-order chi connectivity index (χ0) is 5.41. The van der Waals surface area contributed by atoms with Crippen LogP contribution >= 0.6 is 23.2 Å². The molecular weight excluding hydrogens is 123 g/mol. The molecule has 0 aliphatic rings. The predicted molar refractivity (Wildman–Crippen MR) is 31.3 cm³/mol. The maximum absolute atomic E-state index is 4.85. The topological polar surface area (TPSA) is 26.0 Å². The van der Waals surface area contributed by atoms with E-state index in [1.54, 1.807) is 0 Å². The van der Waals surface area contributed by atoms with E-state index in [-0.39, 0.29) is 5.34 Å². The van der Waals surface area contributed by atoms with Gasteiger partial charge in [0.05, 0.1) is 5.34 Å². The monoisotopic (exact) mass is 131 g/mol. The summed E-state index contributed by atoms with van der Waals surface area (Å²) in [6, 6.07) is 0. The third-order valence-electron chi connectivity index (χ3n) is 0. The molecule has 0 saturated heterocycles. The highest BCUT2D eigenvalue weighted by Gasteiger charge is 1.41. The van der Waals surface area contributed by atoms with Crippen LogP contribution < -0.4 is 5.73 Å². The Kier molecular flexibility index (Phi) is 28.7. The van der Waals surface area contributed by atoms with E-state index in [1.165, 1.54) is 0 Å². The van der Waals surface area contributed by atoms with Gasteiger partial charge in [-0.2, -0.15) is 0 Å². The van der Waals surface area contributed by atoms with Crippen LogP contribution in [0.1, 0.15) is 6.92 Å². The smallest absolute Gasteiger partial charge is 0.0967 e. The fourth-order valence-electron chi connectivity index (χ4n) is 0. The molecule has 0 heterocycles. The molecule has 0 unspecified atom stereocenters. The number of halogens is 2. The van der Waals surface area contributed by atoms with E-state index >= 15 is 0 Å². The van der Waals surface area contributed by atoms with Gasteiger partial charge in [-0.15, -0.1) is 23.2 Å². The second kappa shape index (κ2) is 17.7. The van der Waals surface area contributed by atoms with Gasteiger partial charge in [0, 0.05) is 0 Å². The molecule has 0 amide bonds. The first kappa shape index (κ1) is 9.74. The molecule has 0 aliphatic heterocycles. The van der Waals surface area contributed by atoms with Crippen LogP contribution in [0.5, 0.6) is 0 Å². The van der Waals surface area contributed by atoms with Gasteiger partial charge in [0.25, 0.3) is 0 Å². The van der Waals surface area contributed by atoms with Crippen molar-refractivity contribution in [1.29, 1.82) is 0 Å². The van der Waals surface area contributed by atoms with Crippen molar-refractivity contribution >= 4 is 23.2 Å². The van der Waals surface area contributed by atoms with E-state index in [0.29, 0.717) is 0 Å². The number of hydrogen-bond acceptors (Lipinski definition) is 1. The Morgan fingerprint density at radius 2 is 1.50 bits per heavy atom. The number of rotatable bonds is 0. The highest BCUT2D eigenvalue weighted by molar-refractivity contribution is 6.40. The van der Waals surface area contributed by atoms with Crippen molar-refractivity contribution in [3.05, 3.63) is 0 Å². The van der Waals surface area contributed by atoms with Gasteiger partial charge in [-0.1, -0.05) is 6.92 Å². The van der Waals surface area contributed by atoms with E-state index < -0.39 is 0 Å². The first-order valence-corrected chi connectivity index (χ1v) is 2.72. The maximum atomic E-state index is 4.85. The molecule has 0 saturated carbocycles. The molecule has 0 aromatic heterocycles. The molecule has 0 aliphatic carbocycles. The van der Waals surface area contributed by atoms with Gasteiger partial charge < -0.3 is 5.73 Å². The molecule has 0 radical (unpaired) electrons. The van der Waals surface area contributed by atoms with Crippen LogP contribution in [0.4, 0.5) is 0 Å². The Bertz CT molecular complexity index is 10.8. The van der Waals surface area contributed by atoms with E-state index in [2.05, 4.69) is 0 Å². The van der Waals surface area contributed by atoms with Crippen molar-refractivity contribution in [1.82, 2.24) is 0 Å². The van der Waals surface area contributed by atoms with Crippen molar-refractivity contribution in [2.24, 2.45) is 5.73 Å². The van der Waals surface area contributed by atoms with Crippen LogP contribution in [0.2, 0.25) is 0 Å². The number of hydrogen-bond donors (Lipinski definition) is 1. The average Bonchev–Trinajstić information content (AvgIpc) is 1.39. The summed E-state index contributed by atoms with van der Waals surface area (Å²) in [6.45, 7) is 2.65. The minimum atomic E-state index is 0.194. The highest BCUT2D eigenvalue weighted by atomic mass is 35.5. The molecule has 0 spiro atoms. The zero-order valence-electron chi connectivity index (χ0n) is 3.75. The third-order valence-corrected chi connectivity index (χ3v) is 0. The number of nitrogens with two attached hydrogens (primary N) is 1. The lowest BCUT2D eigenvalue weighted by Crippen LogP contribution is -1.87. The highest BCUT2D eigenvalue weighted by Crippen LogP contribution is 1.73. The van der Waals surface area contributed by atoms with Crippen LogP contribution in [0, 0.1) is 0 Å². The van der Waals surface area contributed by atoms with Crippen molar-refractivity contribution < 1.29 is 0 Å². The summed E-state index contributed by atoms with van der Waals surface area (Å²) in [6.07, 6.45) is 0. The van der Waals surface area contributed by atoms with Gasteiger partial charge in [-0.05, 0) is 6.54 Å². The molecule has 0 rings (SSSR count). The molecule has 0 atom stereocenters. The molecular formula is C3H9Cl2N. The normalized spacial score (nSPS) is 6.00. The summed E-state index contributed by atoms with van der Waals surface area (Å²) in [7, 11) is 0. The molecule has 0 fully saturated rings. The van der Waals surface area contributed by atoms with Gasteiger partial charge >= 0.3 is 0 Å². The van der Waals surface area contributed by atoms with E-state index in [4.69, 9.17) is 28.9 Å². The van der Waals surface area contributed by atoms with Gasteiger partial charge in [0.2, 0.25) is 0 Å². The maximum Gasteiger partial charge on any atom is 0.0967 e. The summed E-state index contributed by atoms with van der Waals surface area (Å²) < 4.78 is 0. The van der Waals surface area contributed by atoms with Gasteiger partial charge in [0.1, 0.15) is 0 Å². The van der Waals surface area contributed by atoms with Crippen LogP contribution in [0.25, 0.3) is 0 Å². The van der Waals surface area contributed by atoms with Crippen LogP contribution in [-0.2, 0) is 0 Å². The molecule has 0 aromatic rings. The fourth-order valence-corrected chi connectivity index (χ4v) is 0. The van der Waals surface area contributed by atoms with E-state index in [0.717, 1.165) is 6.54 Å². The molecule has 2 N–H and O–H groups in total. The molecule has 3 heteroatoms. The quantitative estimate of drug-likeness (QED) is 0.300. The fraction of sp³-hybridized carbons (Fsp3) is 1.00. The summed E-state index contributed by atoms with van der Waals surface area (Å²) in [5, 5.41) is 0.194. The average molecular weight is 132 g/mol. The van der Waals surface area contributed by atoms with Crippen molar-refractivity contribution in [2.75, 3.05) is 11.9 Å². The first-order valence-electron chi connectivity index (χ1n) is 1.65. The summed E-state index contributed by atoms with van der Waals surface area (Å²) in [5.41, 5.74) is 4.85. The predicted octanol–water partition coefficient (Wildman–Crippen LogP) is 1.39. The summed E-state index contributed by atoms with van der Waals surface area (Å²) in [5.74, 6) is 0. The molecule has 0 aromatic carbocycles. The Morgan fingerprint density at radius 3 is 1.50 bits per heavy atom. The second-order valence-electron chi connectivity index (χ2n) is 0.509. The Hall–Kier alpha value is 0.540. The van der Waals surface area contributed by atoms with Crippen LogP contribution in [0.15, 0.2) is 0 Å². The lowest BCUT2D eigenvalue weighted by atomic mass is 11.3. The summed E-state index contributed by atoms with van der Waals surface area (Å²) in [4.78, 5) is 0. The Morgan fingerprint density at radius 1 is 1.50 bits per heavy atom. The molecule has 0 bridgehead atoms. The first-order chi connectivity index (χ1) is 2.83. The van der Waals surface area contributed by atoms with E-state index in [9.17, 15) is 0 Å². The van der Waals surface area contributed by atoms with Crippen LogP contribution in [0.3, 0.4) is 0 Å². The molecule has 40 valence electrons. The minimum Gasteiger partial charge on any atom is -0.331 e. The van der Waals surface area contributed by atoms with Gasteiger partial charge in [-0.25, -0.2) is 0 Å². The van der Waals surface area contributed by atoms with Crippen molar-refractivity contribution in [2.45, 2.75) is 6.92 Å². The SMILES string of the molecule is C[13CH2][15NH2].ClCCl. The third kappa shape index (κ3) is 195. The van der Waals surface area contributed by atoms with E-state index in [1.807, 2.05) is 6.92 Å². The number of alkyl halides is 2. The minimum absolute atomic E-state index is 0.194. The second-order valence-corrected chi connectivity index (χ2v) is 1.32.